The van der Waals surface area contributed by atoms with E-state index in [0.717, 1.165) is 13.0 Å². The average Bonchev–Trinajstić information content (AvgIpc) is 2.43. The first-order valence-corrected chi connectivity index (χ1v) is 6.91. The van der Waals surface area contributed by atoms with Crippen LogP contribution in [0.15, 0.2) is 30.3 Å². The molecule has 0 saturated heterocycles. The van der Waals surface area contributed by atoms with Crippen LogP contribution in [0.4, 0.5) is 0 Å². The Kier molecular flexibility index (Phi) is 4.93. The van der Waals surface area contributed by atoms with Crippen molar-refractivity contribution in [3.63, 3.8) is 0 Å². The van der Waals surface area contributed by atoms with Crippen LogP contribution in [0.3, 0.4) is 0 Å². The number of hydrogen-bond acceptors (Lipinski definition) is 4. The molecule has 0 amide bonds. The van der Waals surface area contributed by atoms with Crippen molar-refractivity contribution in [2.75, 3.05) is 6.54 Å². The number of nitrogens with one attached hydrogen (secondary N) is 1. The van der Waals surface area contributed by atoms with Crippen LogP contribution in [0, 0.1) is 5.92 Å². The van der Waals surface area contributed by atoms with Crippen molar-refractivity contribution in [2.45, 2.75) is 44.1 Å². The van der Waals surface area contributed by atoms with E-state index in [1.165, 1.54) is 5.56 Å². The van der Waals surface area contributed by atoms with Crippen molar-refractivity contribution in [2.24, 2.45) is 5.92 Å². The van der Waals surface area contributed by atoms with Gasteiger partial charge in [-0.25, -0.2) is 0 Å². The summed E-state index contributed by atoms with van der Waals surface area (Å²) in [5.41, 5.74) is 1.24. The summed E-state index contributed by atoms with van der Waals surface area (Å²) in [6.45, 7) is 2.65. The van der Waals surface area contributed by atoms with Crippen LogP contribution < -0.4 is 5.32 Å². The first kappa shape index (κ1) is 14.5. The second kappa shape index (κ2) is 6.48. The molecule has 19 heavy (non-hydrogen) atoms. The zero-order chi connectivity index (χ0) is 13.8. The summed E-state index contributed by atoms with van der Waals surface area (Å²) in [6.07, 6.45) is -1.23. The van der Waals surface area contributed by atoms with E-state index >= 15 is 0 Å². The van der Waals surface area contributed by atoms with Gasteiger partial charge in [-0.2, -0.15) is 0 Å². The Morgan fingerprint density at radius 3 is 2.42 bits per heavy atom. The predicted octanol–water partition coefficient (Wildman–Crippen LogP) is 0.310. The van der Waals surface area contributed by atoms with Gasteiger partial charge in [-0.3, -0.25) is 0 Å². The quantitative estimate of drug-likeness (QED) is 0.632. The predicted molar refractivity (Wildman–Crippen MR) is 73.7 cm³/mol. The van der Waals surface area contributed by atoms with Gasteiger partial charge in [-0.05, 0) is 30.9 Å². The van der Waals surface area contributed by atoms with Gasteiger partial charge in [0.25, 0.3) is 0 Å². The van der Waals surface area contributed by atoms with E-state index in [1.807, 2.05) is 25.1 Å². The molecule has 1 aromatic rings. The second-order valence-corrected chi connectivity index (χ2v) is 5.48. The van der Waals surface area contributed by atoms with E-state index in [2.05, 4.69) is 17.4 Å². The van der Waals surface area contributed by atoms with Gasteiger partial charge in [0, 0.05) is 6.04 Å². The minimum Gasteiger partial charge on any atom is -0.390 e. The summed E-state index contributed by atoms with van der Waals surface area (Å²) >= 11 is 0. The maximum absolute atomic E-state index is 9.95. The first-order valence-electron chi connectivity index (χ1n) is 6.91. The number of benzene rings is 1. The van der Waals surface area contributed by atoms with E-state index in [4.69, 9.17) is 0 Å². The molecule has 4 N–H and O–H groups in total. The molecule has 1 fully saturated rings. The summed E-state index contributed by atoms with van der Waals surface area (Å²) in [5, 5.41) is 32.7. The summed E-state index contributed by atoms with van der Waals surface area (Å²) in [6, 6.07) is 9.99. The maximum Gasteiger partial charge on any atom is 0.107 e. The Hall–Kier alpha value is -0.940. The summed E-state index contributed by atoms with van der Waals surface area (Å²) in [5.74, 6) is -0.00683. The van der Waals surface area contributed by atoms with E-state index in [0.29, 0.717) is 6.42 Å². The molecule has 2 rings (SSSR count). The SMILES string of the molecule is C[C@@H]1CC(NCCc2ccccc2)[C@@H](O)[C@@H](O)[C@@H]1O. The Morgan fingerprint density at radius 1 is 1.05 bits per heavy atom. The monoisotopic (exact) mass is 265 g/mol. The fraction of sp³-hybridized carbons (Fsp3) is 0.600. The first-order chi connectivity index (χ1) is 9.09. The van der Waals surface area contributed by atoms with E-state index in [1.54, 1.807) is 0 Å². The molecule has 4 nitrogen and oxygen atoms in total. The Balaban J connectivity index is 1.82. The highest BCUT2D eigenvalue weighted by molar-refractivity contribution is 5.14. The highest BCUT2D eigenvalue weighted by Crippen LogP contribution is 2.25. The summed E-state index contributed by atoms with van der Waals surface area (Å²) in [7, 11) is 0. The standard InChI is InChI=1S/C15H23NO3/c1-10-9-12(14(18)15(19)13(10)17)16-8-7-11-5-3-2-4-6-11/h2-6,10,12-19H,7-9H2,1H3/t10-,12?,13-,14-,15+/m1/s1. The van der Waals surface area contributed by atoms with Gasteiger partial charge in [0.1, 0.15) is 6.10 Å². The van der Waals surface area contributed by atoms with Crippen LogP contribution in [-0.4, -0.2) is 46.2 Å². The van der Waals surface area contributed by atoms with Gasteiger partial charge < -0.3 is 20.6 Å². The average molecular weight is 265 g/mol. The highest BCUT2D eigenvalue weighted by Gasteiger charge is 2.40. The number of rotatable bonds is 4. The largest absolute Gasteiger partial charge is 0.390 e. The molecule has 0 bridgehead atoms. The zero-order valence-corrected chi connectivity index (χ0v) is 11.2. The van der Waals surface area contributed by atoms with Gasteiger partial charge in [0.15, 0.2) is 0 Å². The number of hydrogen-bond donors (Lipinski definition) is 4. The Morgan fingerprint density at radius 2 is 1.74 bits per heavy atom. The lowest BCUT2D eigenvalue weighted by Crippen LogP contribution is -2.57. The van der Waals surface area contributed by atoms with Crippen LogP contribution in [0.2, 0.25) is 0 Å². The zero-order valence-electron chi connectivity index (χ0n) is 11.2. The molecular formula is C15H23NO3. The van der Waals surface area contributed by atoms with Gasteiger partial charge in [0.05, 0.1) is 12.2 Å². The molecule has 0 radical (unpaired) electrons. The minimum atomic E-state index is -1.06. The van der Waals surface area contributed by atoms with Crippen molar-refractivity contribution in [3.8, 4) is 0 Å². The molecule has 106 valence electrons. The van der Waals surface area contributed by atoms with E-state index < -0.39 is 18.3 Å². The van der Waals surface area contributed by atoms with Crippen LogP contribution in [0.1, 0.15) is 18.9 Å². The van der Waals surface area contributed by atoms with Crippen LogP contribution >= 0.6 is 0 Å². The molecule has 1 aliphatic rings. The summed E-state index contributed by atoms with van der Waals surface area (Å²) < 4.78 is 0. The van der Waals surface area contributed by atoms with Gasteiger partial charge in [0.2, 0.25) is 0 Å². The van der Waals surface area contributed by atoms with Crippen LogP contribution in [0.5, 0.6) is 0 Å². The molecule has 1 aromatic carbocycles. The second-order valence-electron chi connectivity index (χ2n) is 5.48. The van der Waals surface area contributed by atoms with E-state index in [-0.39, 0.29) is 12.0 Å². The maximum atomic E-state index is 9.95. The van der Waals surface area contributed by atoms with Crippen molar-refractivity contribution in [3.05, 3.63) is 35.9 Å². The minimum absolute atomic E-state index is 0.00683. The lowest BCUT2D eigenvalue weighted by atomic mass is 9.80. The number of aliphatic hydroxyl groups excluding tert-OH is 3. The van der Waals surface area contributed by atoms with Gasteiger partial charge in [-0.15, -0.1) is 0 Å². The molecule has 1 saturated carbocycles. The normalized spacial score (nSPS) is 35.3. The lowest BCUT2D eigenvalue weighted by Gasteiger charge is -2.39. The number of aliphatic hydroxyl groups is 3. The van der Waals surface area contributed by atoms with Crippen LogP contribution in [0.25, 0.3) is 0 Å². The van der Waals surface area contributed by atoms with Gasteiger partial charge in [-0.1, -0.05) is 37.3 Å². The fourth-order valence-electron chi connectivity index (χ4n) is 2.71. The Labute approximate surface area is 114 Å². The third-order valence-electron chi connectivity index (χ3n) is 3.98. The smallest absolute Gasteiger partial charge is 0.107 e. The van der Waals surface area contributed by atoms with Crippen molar-refractivity contribution < 1.29 is 15.3 Å². The lowest BCUT2D eigenvalue weighted by molar-refractivity contribution is -0.119. The molecule has 4 heteroatoms. The molecule has 1 unspecified atom stereocenters. The van der Waals surface area contributed by atoms with Crippen LogP contribution in [-0.2, 0) is 6.42 Å². The van der Waals surface area contributed by atoms with Crippen molar-refractivity contribution >= 4 is 0 Å². The molecule has 0 aliphatic heterocycles. The van der Waals surface area contributed by atoms with Crippen molar-refractivity contribution in [1.82, 2.24) is 5.32 Å². The molecule has 1 aliphatic carbocycles. The van der Waals surface area contributed by atoms with Crippen molar-refractivity contribution in [1.29, 1.82) is 0 Å². The highest BCUT2D eigenvalue weighted by atomic mass is 16.4. The molecule has 0 aromatic heterocycles. The third-order valence-corrected chi connectivity index (χ3v) is 3.98. The summed E-state index contributed by atoms with van der Waals surface area (Å²) in [4.78, 5) is 0. The van der Waals surface area contributed by atoms with E-state index in [9.17, 15) is 15.3 Å². The van der Waals surface area contributed by atoms with Gasteiger partial charge >= 0.3 is 0 Å². The molecule has 0 spiro atoms. The molecular weight excluding hydrogens is 242 g/mol. The fourth-order valence-corrected chi connectivity index (χ4v) is 2.71. The molecule has 5 atom stereocenters. The topological polar surface area (TPSA) is 72.7 Å². The Bertz CT molecular complexity index is 384. The molecule has 0 heterocycles. The third kappa shape index (κ3) is 3.54.